The van der Waals surface area contributed by atoms with Gasteiger partial charge in [-0.3, -0.25) is 9.78 Å². The highest BCUT2D eigenvalue weighted by Gasteiger charge is 2.22. The van der Waals surface area contributed by atoms with Gasteiger partial charge in [0, 0.05) is 19.3 Å². The van der Waals surface area contributed by atoms with E-state index in [1.165, 1.54) is 17.3 Å². The third kappa shape index (κ3) is 2.26. The number of carbonyl (C=O) groups is 1. The summed E-state index contributed by atoms with van der Waals surface area (Å²) in [6, 6.07) is 13.3. The zero-order valence-electron chi connectivity index (χ0n) is 10.9. The topological polar surface area (TPSA) is 57.0 Å². The molecule has 2 aromatic rings. The lowest BCUT2D eigenvalue weighted by atomic mass is 9.99. The van der Waals surface area contributed by atoms with Gasteiger partial charge in [-0.25, -0.2) is 0 Å². The smallest absolute Gasteiger partial charge is 0.272 e. The van der Waals surface area contributed by atoms with Gasteiger partial charge < -0.3 is 4.90 Å². The number of pyridine rings is 1. The molecule has 20 heavy (non-hydrogen) atoms. The van der Waals surface area contributed by atoms with E-state index in [2.05, 4.69) is 11.1 Å². The molecule has 0 N–H and O–H groups in total. The van der Waals surface area contributed by atoms with Gasteiger partial charge >= 0.3 is 0 Å². The molecule has 0 atom stereocenters. The molecule has 0 spiro atoms. The monoisotopic (exact) mass is 263 g/mol. The molecule has 2 heterocycles. The quantitative estimate of drug-likeness (QED) is 0.792. The number of nitriles is 1. The number of aromatic nitrogens is 1. The van der Waals surface area contributed by atoms with Gasteiger partial charge in [0.1, 0.15) is 5.69 Å². The van der Waals surface area contributed by atoms with Crippen LogP contribution < -0.4 is 0 Å². The molecule has 0 bridgehead atoms. The van der Waals surface area contributed by atoms with E-state index < -0.39 is 0 Å². The SMILES string of the molecule is N#Cc1ccnc(C(=O)N2CCc3ccccc3C2)c1. The number of rotatable bonds is 1. The standard InChI is InChI=1S/C16H13N3O/c17-10-12-5-7-18-15(9-12)16(20)19-8-6-13-3-1-2-4-14(13)11-19/h1-5,7,9H,6,8,11H2. The first-order valence-electron chi connectivity index (χ1n) is 6.50. The summed E-state index contributed by atoms with van der Waals surface area (Å²) in [6.07, 6.45) is 2.36. The molecule has 4 heteroatoms. The van der Waals surface area contributed by atoms with Crippen molar-refractivity contribution < 1.29 is 4.79 Å². The van der Waals surface area contributed by atoms with Crippen molar-refractivity contribution in [1.82, 2.24) is 9.88 Å². The summed E-state index contributed by atoms with van der Waals surface area (Å²) in [6.45, 7) is 1.29. The molecule has 1 aromatic carbocycles. The Kier molecular flexibility index (Phi) is 3.18. The van der Waals surface area contributed by atoms with E-state index in [9.17, 15) is 4.79 Å². The molecule has 98 valence electrons. The average molecular weight is 263 g/mol. The van der Waals surface area contributed by atoms with Gasteiger partial charge in [-0.15, -0.1) is 0 Å². The maximum Gasteiger partial charge on any atom is 0.272 e. The Morgan fingerprint density at radius 3 is 2.85 bits per heavy atom. The summed E-state index contributed by atoms with van der Waals surface area (Å²) in [4.78, 5) is 18.3. The number of benzene rings is 1. The first kappa shape index (κ1) is 12.4. The van der Waals surface area contributed by atoms with Gasteiger partial charge in [0.2, 0.25) is 0 Å². The maximum atomic E-state index is 12.4. The van der Waals surface area contributed by atoms with Crippen LogP contribution in [0.15, 0.2) is 42.6 Å². The van der Waals surface area contributed by atoms with Crippen LogP contribution in [0.4, 0.5) is 0 Å². The van der Waals surface area contributed by atoms with Crippen molar-refractivity contribution in [3.63, 3.8) is 0 Å². The fraction of sp³-hybridized carbons (Fsp3) is 0.188. The normalized spacial score (nSPS) is 13.4. The van der Waals surface area contributed by atoms with Crippen LogP contribution in [0.25, 0.3) is 0 Å². The molecule has 3 rings (SSSR count). The predicted molar refractivity (Wildman–Crippen MR) is 73.8 cm³/mol. The summed E-state index contributed by atoms with van der Waals surface area (Å²) >= 11 is 0. The van der Waals surface area contributed by atoms with Crippen LogP contribution >= 0.6 is 0 Å². The Labute approximate surface area is 117 Å². The van der Waals surface area contributed by atoms with Crippen molar-refractivity contribution in [3.8, 4) is 6.07 Å². The fourth-order valence-corrected chi connectivity index (χ4v) is 2.45. The van der Waals surface area contributed by atoms with Crippen LogP contribution in [0, 0.1) is 11.3 Å². The summed E-state index contributed by atoms with van der Waals surface area (Å²) in [5, 5.41) is 8.88. The second-order valence-electron chi connectivity index (χ2n) is 4.79. The molecular weight excluding hydrogens is 250 g/mol. The summed E-state index contributed by atoms with van der Waals surface area (Å²) in [5.74, 6) is -0.114. The highest BCUT2D eigenvalue weighted by atomic mass is 16.2. The largest absolute Gasteiger partial charge is 0.333 e. The van der Waals surface area contributed by atoms with Gasteiger partial charge in [0.05, 0.1) is 11.6 Å². The van der Waals surface area contributed by atoms with Crippen molar-refractivity contribution in [3.05, 3.63) is 65.0 Å². The van der Waals surface area contributed by atoms with Gasteiger partial charge in [-0.05, 0) is 29.7 Å². The van der Waals surface area contributed by atoms with E-state index >= 15 is 0 Å². The third-order valence-electron chi connectivity index (χ3n) is 3.53. The van der Waals surface area contributed by atoms with E-state index in [1.807, 2.05) is 24.3 Å². The molecule has 0 aliphatic carbocycles. The summed E-state index contributed by atoms with van der Waals surface area (Å²) < 4.78 is 0. The Balaban J connectivity index is 1.84. The summed E-state index contributed by atoms with van der Waals surface area (Å²) in [5.41, 5.74) is 3.28. The second-order valence-corrected chi connectivity index (χ2v) is 4.79. The molecule has 0 saturated heterocycles. The first-order valence-corrected chi connectivity index (χ1v) is 6.50. The van der Waals surface area contributed by atoms with Crippen LogP contribution in [0.3, 0.4) is 0 Å². The summed E-state index contributed by atoms with van der Waals surface area (Å²) in [7, 11) is 0. The minimum atomic E-state index is -0.114. The van der Waals surface area contributed by atoms with E-state index in [4.69, 9.17) is 5.26 Å². The molecule has 1 aromatic heterocycles. The number of nitrogens with zero attached hydrogens (tertiary/aromatic N) is 3. The molecule has 1 aliphatic rings. The molecule has 1 aliphatic heterocycles. The lowest BCUT2D eigenvalue weighted by Crippen LogP contribution is -2.36. The fourth-order valence-electron chi connectivity index (χ4n) is 2.45. The van der Waals surface area contributed by atoms with Crippen molar-refractivity contribution in [2.24, 2.45) is 0 Å². The molecule has 0 radical (unpaired) electrons. The minimum Gasteiger partial charge on any atom is -0.333 e. The van der Waals surface area contributed by atoms with Crippen LogP contribution in [0.5, 0.6) is 0 Å². The van der Waals surface area contributed by atoms with Crippen molar-refractivity contribution >= 4 is 5.91 Å². The van der Waals surface area contributed by atoms with Gasteiger partial charge in [-0.1, -0.05) is 24.3 Å². The lowest BCUT2D eigenvalue weighted by molar-refractivity contribution is 0.0728. The van der Waals surface area contributed by atoms with Gasteiger partial charge in [0.15, 0.2) is 0 Å². The Hall–Kier alpha value is -2.67. The molecule has 0 saturated carbocycles. The van der Waals surface area contributed by atoms with Crippen molar-refractivity contribution in [2.75, 3.05) is 6.54 Å². The predicted octanol–water partition coefficient (Wildman–Crippen LogP) is 2.15. The molecule has 4 nitrogen and oxygen atoms in total. The lowest BCUT2D eigenvalue weighted by Gasteiger charge is -2.28. The molecule has 1 amide bonds. The minimum absolute atomic E-state index is 0.114. The average Bonchev–Trinajstić information content (AvgIpc) is 2.53. The number of carbonyl (C=O) groups excluding carboxylic acids is 1. The van der Waals surface area contributed by atoms with E-state index in [0.717, 1.165) is 6.42 Å². The van der Waals surface area contributed by atoms with Crippen molar-refractivity contribution in [2.45, 2.75) is 13.0 Å². The number of hydrogen-bond acceptors (Lipinski definition) is 3. The Bertz CT molecular complexity index is 703. The molecule has 0 unspecified atom stereocenters. The zero-order valence-corrected chi connectivity index (χ0v) is 10.9. The number of hydrogen-bond donors (Lipinski definition) is 0. The number of amides is 1. The highest BCUT2D eigenvalue weighted by Crippen LogP contribution is 2.19. The molecular formula is C16H13N3O. The van der Waals surface area contributed by atoms with E-state index in [0.29, 0.717) is 24.3 Å². The van der Waals surface area contributed by atoms with Gasteiger partial charge in [-0.2, -0.15) is 5.26 Å². The second kappa shape index (κ2) is 5.14. The van der Waals surface area contributed by atoms with Crippen LogP contribution in [-0.4, -0.2) is 22.3 Å². The van der Waals surface area contributed by atoms with E-state index in [1.54, 1.807) is 17.0 Å². The van der Waals surface area contributed by atoms with Crippen LogP contribution in [0.1, 0.15) is 27.2 Å². The zero-order chi connectivity index (χ0) is 13.9. The molecule has 0 fully saturated rings. The van der Waals surface area contributed by atoms with Crippen LogP contribution in [0.2, 0.25) is 0 Å². The maximum absolute atomic E-state index is 12.4. The third-order valence-corrected chi connectivity index (χ3v) is 3.53. The number of fused-ring (bicyclic) bond motifs is 1. The van der Waals surface area contributed by atoms with E-state index in [-0.39, 0.29) is 5.91 Å². The van der Waals surface area contributed by atoms with Gasteiger partial charge in [0.25, 0.3) is 5.91 Å². The Morgan fingerprint density at radius 1 is 1.25 bits per heavy atom. The Morgan fingerprint density at radius 2 is 2.05 bits per heavy atom. The van der Waals surface area contributed by atoms with Crippen LogP contribution in [-0.2, 0) is 13.0 Å². The highest BCUT2D eigenvalue weighted by molar-refractivity contribution is 5.92. The van der Waals surface area contributed by atoms with Crippen molar-refractivity contribution in [1.29, 1.82) is 5.26 Å². The first-order chi connectivity index (χ1) is 9.78.